The lowest BCUT2D eigenvalue weighted by molar-refractivity contribution is -0.116. The van der Waals surface area contributed by atoms with Crippen LogP contribution in [0.2, 0.25) is 0 Å². The Kier molecular flexibility index (Phi) is 26.2. The van der Waals surface area contributed by atoms with Crippen LogP contribution in [0.5, 0.6) is 40.2 Å². The minimum Gasteiger partial charge on any atom is -0.506 e. The quantitative estimate of drug-likeness (QED) is 0.0210. The topological polar surface area (TPSA) is 391 Å². The summed E-state index contributed by atoms with van der Waals surface area (Å²) in [5.74, 6) is -5.25. The van der Waals surface area contributed by atoms with Gasteiger partial charge in [0.25, 0.3) is 11.8 Å². The fraction of sp³-hybridized carbons (Fsp3) is 0.178. The average Bonchev–Trinajstić information content (AvgIpc) is 0.919. The largest absolute Gasteiger partial charge is 0.506 e. The molecule has 2 atom stereocenters. The normalized spacial score (nSPS) is 11.7. The number of rotatable bonds is 23. The third kappa shape index (κ3) is 21.0. The minimum absolute atomic E-state index is 0.00242. The number of methoxy groups -OCH3 is 1. The molecule has 6 amide bonds. The van der Waals surface area contributed by atoms with Crippen LogP contribution in [0.15, 0.2) is 203 Å². The number of phenols is 3. The van der Waals surface area contributed by atoms with Gasteiger partial charge in [-0.1, -0.05) is 72.1 Å². The molecule has 11 N–H and O–H groups in total. The highest BCUT2D eigenvalue weighted by Crippen LogP contribution is 2.40. The van der Waals surface area contributed by atoms with E-state index in [4.69, 9.17) is 19.9 Å². The van der Waals surface area contributed by atoms with Gasteiger partial charge in [-0.15, -0.1) is 0 Å². The number of amides is 6. The molecule has 0 aliphatic heterocycles. The highest BCUT2D eigenvalue weighted by Gasteiger charge is 2.34. The molecule has 0 saturated carbocycles. The predicted octanol–water partition coefficient (Wildman–Crippen LogP) is 11.5. The summed E-state index contributed by atoms with van der Waals surface area (Å²) >= 11 is 0. The van der Waals surface area contributed by atoms with E-state index in [1.165, 1.54) is 94.6 Å². The Morgan fingerprint density at radius 1 is 0.490 bits per heavy atom. The molecule has 0 heterocycles. The summed E-state index contributed by atoms with van der Waals surface area (Å²) in [4.78, 5) is 74.3. The van der Waals surface area contributed by atoms with Gasteiger partial charge in [-0.05, 0) is 156 Å². The molecule has 0 bridgehead atoms. The van der Waals surface area contributed by atoms with Crippen molar-refractivity contribution in [2.45, 2.75) is 80.1 Å². The second-order valence-corrected chi connectivity index (χ2v) is 29.3. The van der Waals surface area contributed by atoms with Crippen molar-refractivity contribution in [1.82, 2.24) is 0 Å². The molecule has 0 fully saturated rings. The lowest BCUT2D eigenvalue weighted by Gasteiger charge is -2.18. The number of carbonyl (C=O) groups excluding carboxylic acids is 6. The number of phenolic OH excluding ortho intramolecular Hbond substituents is 3. The number of nitrogens with two attached hydrogens (primary N) is 1. The molecule has 25 nitrogen and oxygen atoms in total. The number of nitrogens with one attached hydrogen (secondary N) is 6. The fourth-order valence-electron chi connectivity index (χ4n) is 9.40. The van der Waals surface area contributed by atoms with Gasteiger partial charge in [-0.2, -0.15) is 0 Å². The van der Waals surface area contributed by atoms with E-state index in [0.717, 1.165) is 34.4 Å². The first kappa shape index (κ1) is 77.7. The molecule has 0 spiro atoms. The van der Waals surface area contributed by atoms with E-state index in [2.05, 4.69) is 31.9 Å². The molecule has 534 valence electrons. The van der Waals surface area contributed by atoms with Crippen LogP contribution >= 0.6 is 0 Å². The van der Waals surface area contributed by atoms with Crippen LogP contribution in [-0.4, -0.2) is 106 Å². The average molecular weight is 1450 g/mol. The first-order valence-corrected chi connectivity index (χ1v) is 35.7. The van der Waals surface area contributed by atoms with Crippen LogP contribution < -0.4 is 51.8 Å². The van der Waals surface area contributed by atoms with E-state index in [1.807, 2.05) is 13.8 Å². The van der Waals surface area contributed by atoms with E-state index in [-0.39, 0.29) is 73.5 Å². The van der Waals surface area contributed by atoms with Crippen LogP contribution in [0.1, 0.15) is 70.2 Å². The van der Waals surface area contributed by atoms with Crippen molar-refractivity contribution in [2.75, 3.05) is 51.5 Å². The van der Waals surface area contributed by atoms with Crippen molar-refractivity contribution in [2.24, 2.45) is 5.73 Å². The summed E-state index contributed by atoms with van der Waals surface area (Å²) in [5.41, 5.74) is 9.27. The first-order valence-electron chi connectivity index (χ1n) is 31.0. The maximum Gasteiger partial charge on any atom is 0.255 e. The molecule has 102 heavy (non-hydrogen) atoms. The summed E-state index contributed by atoms with van der Waals surface area (Å²) < 4.78 is 107. The van der Waals surface area contributed by atoms with Gasteiger partial charge in [0.1, 0.15) is 63.3 Å². The van der Waals surface area contributed by atoms with Gasteiger partial charge in [0.2, 0.25) is 23.6 Å². The lowest BCUT2D eigenvalue weighted by Crippen LogP contribution is -2.35. The highest BCUT2D eigenvalue weighted by molar-refractivity contribution is 7.93. The van der Waals surface area contributed by atoms with E-state index in [0.29, 0.717) is 28.4 Å². The van der Waals surface area contributed by atoms with Crippen molar-refractivity contribution in [3.8, 4) is 40.2 Å². The molecule has 9 rings (SSSR count). The molecule has 9 aromatic rings. The number of ether oxygens (including phenoxy) is 3. The van der Waals surface area contributed by atoms with Crippen molar-refractivity contribution in [1.29, 1.82) is 0 Å². The number of benzene rings is 9. The van der Waals surface area contributed by atoms with Gasteiger partial charge in [0.05, 0.1) is 50.2 Å². The van der Waals surface area contributed by atoms with Gasteiger partial charge in [0.15, 0.2) is 35.3 Å². The molecule has 0 aromatic heterocycles. The molecular weight excluding hydrogens is 1380 g/mol. The summed E-state index contributed by atoms with van der Waals surface area (Å²) in [7, 11) is -10.3. The number of aryl methyl sites for hydroxylation is 4. The summed E-state index contributed by atoms with van der Waals surface area (Å²) in [5, 5.41) is 42.6. The molecule has 0 aliphatic rings. The Bertz CT molecular complexity index is 4910. The van der Waals surface area contributed by atoms with Gasteiger partial charge in [-0.25, -0.2) is 29.6 Å². The van der Waals surface area contributed by atoms with Gasteiger partial charge in [-0.3, -0.25) is 34.5 Å². The van der Waals surface area contributed by atoms with Crippen LogP contribution in [0.4, 0.5) is 38.5 Å². The Morgan fingerprint density at radius 2 is 0.980 bits per heavy atom. The summed E-state index contributed by atoms with van der Waals surface area (Å²) in [6.07, 6.45) is -0.0282. The molecule has 2 unspecified atom stereocenters. The van der Waals surface area contributed by atoms with E-state index < -0.39 is 98.5 Å². The van der Waals surface area contributed by atoms with Crippen LogP contribution in [-0.2, 0) is 48.7 Å². The molecule has 9 aromatic carbocycles. The Balaban J connectivity index is 0.000000219. The number of anilines is 6. The van der Waals surface area contributed by atoms with Gasteiger partial charge in [0, 0.05) is 54.1 Å². The number of carbonyl (C=O) groups is 6. The lowest BCUT2D eigenvalue weighted by atomic mass is 10.1. The smallest absolute Gasteiger partial charge is 0.255 e. The number of halogens is 1. The van der Waals surface area contributed by atoms with E-state index in [9.17, 15) is 73.7 Å². The zero-order chi connectivity index (χ0) is 74.8. The Hall–Kier alpha value is -11.7. The predicted molar refractivity (Wildman–Crippen MR) is 384 cm³/mol. The number of hydrogen-bond acceptors (Lipinski definition) is 19. The zero-order valence-corrected chi connectivity index (χ0v) is 58.8. The Morgan fingerprint density at radius 3 is 1.51 bits per heavy atom. The van der Waals surface area contributed by atoms with Crippen LogP contribution in [0, 0.1) is 33.5 Å². The van der Waals surface area contributed by atoms with Crippen molar-refractivity contribution >= 4 is 99.1 Å². The number of hydrogen-bond donors (Lipinski definition) is 10. The molecule has 0 radical (unpaired) electrons. The SMILES string of the molecule is CCC(C(=O)Nc1cc(O)c(NC(C)=O)cc1F)S(=O)(=O)c1ccc(C)cc1.COc1ccc(Oc2cc(NC(=O)c3ccc(C)cc3)c(O)cc2NC(=O)C(C)S(=O)(=O)c2ccc(C)cc2)cc1.Cc1cccc(S(=O)(=O)CC(=O)Nc2ccc(NC(=O)c3ccc(OCN)cc3)c(O)c2)c1. The maximum atomic E-state index is 14.2. The van der Waals surface area contributed by atoms with E-state index in [1.54, 1.807) is 123 Å². The standard InChI is InChI=1S/C31H30N2O7S.C23H23N3O6S.C19H21FN2O5S/c1-19-5-9-22(10-6-19)31(36)32-26-18-29(40-24-13-11-23(39-4)12-14-24)27(17-28(26)34)33-30(35)21(3)41(37,38)25-15-7-20(2)8-16-25;1-15-3-2-4-19(11-15)33(30,31)13-22(28)25-17-7-10-20(21(27)12-17)26-23(29)16-5-8-18(9-6-16)32-14-24;1-4-18(28(26,27)13-7-5-11(2)6-8-13)19(25)22-15-10-17(24)16(9-14(15)20)21-12(3)23/h5-18,21,34H,1-4H3,(H,32,36)(H,33,35);2-12,27H,13-14,24H2,1H3,(H,25,28)(H,26,29);5-10,18,24H,4H2,1-3H3,(H,21,23)(H,22,25). The van der Waals surface area contributed by atoms with Gasteiger partial charge >= 0.3 is 0 Å². The van der Waals surface area contributed by atoms with Crippen LogP contribution in [0.25, 0.3) is 0 Å². The monoisotopic (exact) mass is 1450 g/mol. The molecule has 29 heteroatoms. The summed E-state index contributed by atoms with van der Waals surface area (Å²) in [6, 6.07) is 46.6. The highest BCUT2D eigenvalue weighted by atomic mass is 32.2. The van der Waals surface area contributed by atoms with E-state index >= 15 is 0 Å². The molecule has 0 saturated heterocycles. The second kappa shape index (κ2) is 34.4. The minimum atomic E-state index is -4.01. The van der Waals surface area contributed by atoms with Crippen molar-refractivity contribution in [3.63, 3.8) is 0 Å². The fourth-order valence-corrected chi connectivity index (χ4v) is 13.5. The third-order valence-corrected chi connectivity index (χ3v) is 20.9. The van der Waals surface area contributed by atoms with Crippen molar-refractivity contribution < 1.29 is 87.9 Å². The van der Waals surface area contributed by atoms with Crippen LogP contribution in [0.3, 0.4) is 0 Å². The summed E-state index contributed by atoms with van der Waals surface area (Å²) in [6.45, 7) is 11.3. The molecule has 0 aliphatic carbocycles. The van der Waals surface area contributed by atoms with Crippen molar-refractivity contribution in [3.05, 3.63) is 227 Å². The first-order chi connectivity index (χ1) is 48.2. The Labute approximate surface area is 588 Å². The third-order valence-electron chi connectivity index (χ3n) is 15.0. The second-order valence-electron chi connectivity index (χ2n) is 22.9. The van der Waals surface area contributed by atoms with Gasteiger partial charge < -0.3 is 61.4 Å². The number of sulfone groups is 3. The maximum absolute atomic E-state index is 14.2. The molecular formula is C73H74FN7O18S3. The zero-order valence-electron chi connectivity index (χ0n) is 56.3. The number of aromatic hydroxyl groups is 3.